The average molecular weight is 371 g/mol. The van der Waals surface area contributed by atoms with E-state index in [9.17, 15) is 4.79 Å². The van der Waals surface area contributed by atoms with Crippen molar-refractivity contribution in [2.45, 2.75) is 20.0 Å². The summed E-state index contributed by atoms with van der Waals surface area (Å²) in [7, 11) is 2.01. The molecule has 8 heteroatoms. The van der Waals surface area contributed by atoms with E-state index in [1.54, 1.807) is 28.7 Å². The Balaban J connectivity index is 1.49. The maximum atomic E-state index is 12.2. The van der Waals surface area contributed by atoms with Gasteiger partial charge < -0.3 is 0 Å². The lowest BCUT2D eigenvalue weighted by molar-refractivity contribution is 0.312. The molecule has 0 aliphatic rings. The van der Waals surface area contributed by atoms with Crippen molar-refractivity contribution >= 4 is 28.3 Å². The van der Waals surface area contributed by atoms with Gasteiger partial charge in [0.2, 0.25) is 0 Å². The first-order valence-corrected chi connectivity index (χ1v) is 9.59. The van der Waals surface area contributed by atoms with Crippen molar-refractivity contribution in [1.82, 2.24) is 24.5 Å². The second kappa shape index (κ2) is 6.55. The maximum absolute atomic E-state index is 12.2. The fourth-order valence-corrected chi connectivity index (χ4v) is 4.37. The van der Waals surface area contributed by atoms with E-state index in [0.717, 1.165) is 28.6 Å². The van der Waals surface area contributed by atoms with Gasteiger partial charge in [0.15, 0.2) is 5.65 Å². The van der Waals surface area contributed by atoms with E-state index >= 15 is 0 Å². The second-order valence-corrected chi connectivity index (χ2v) is 7.82. The van der Waals surface area contributed by atoms with Crippen molar-refractivity contribution in [1.29, 1.82) is 0 Å². The predicted octanol–water partition coefficient (Wildman–Crippen LogP) is 3.15. The van der Waals surface area contributed by atoms with E-state index in [2.05, 4.69) is 31.8 Å². The number of nitrogens with one attached hydrogen (secondary N) is 1. The molecule has 4 rings (SSSR count). The van der Waals surface area contributed by atoms with Crippen molar-refractivity contribution in [3.05, 3.63) is 62.5 Å². The van der Waals surface area contributed by atoms with Crippen LogP contribution in [-0.2, 0) is 13.1 Å². The van der Waals surface area contributed by atoms with Gasteiger partial charge in [0.25, 0.3) is 5.56 Å². The smallest absolute Gasteiger partial charge is 0.272 e. The van der Waals surface area contributed by atoms with E-state index in [1.807, 2.05) is 26.1 Å². The number of aryl methyl sites for hydroxylation is 1. The molecule has 0 aliphatic carbocycles. The molecule has 4 aromatic rings. The zero-order chi connectivity index (χ0) is 17.4. The topological polar surface area (TPSA) is 66.3 Å². The molecule has 0 aliphatic heterocycles. The molecular formula is C17H17N5OS2. The molecule has 0 saturated heterocycles. The molecule has 0 atom stereocenters. The summed E-state index contributed by atoms with van der Waals surface area (Å²) in [4.78, 5) is 24.7. The Labute approximate surface area is 152 Å². The highest BCUT2D eigenvalue weighted by molar-refractivity contribution is 7.20. The molecule has 0 unspecified atom stereocenters. The first-order chi connectivity index (χ1) is 12.1. The molecule has 0 radical (unpaired) electrons. The minimum Gasteiger partial charge on any atom is -0.295 e. The summed E-state index contributed by atoms with van der Waals surface area (Å²) in [5.41, 5.74) is 3.28. The SMILES string of the molecule is Cc1cc2nc(CN(C)Cc3csc(-c4cccs4)n3)cc(=O)n2[nH]1. The highest BCUT2D eigenvalue weighted by Gasteiger charge is 2.10. The van der Waals surface area contributed by atoms with Crippen molar-refractivity contribution in [3.8, 4) is 9.88 Å². The number of fused-ring (bicyclic) bond motifs is 1. The summed E-state index contributed by atoms with van der Waals surface area (Å²) in [6, 6.07) is 7.58. The molecule has 0 aromatic carbocycles. The number of rotatable bonds is 5. The molecule has 0 fully saturated rings. The summed E-state index contributed by atoms with van der Waals surface area (Å²) in [5.74, 6) is 0. The number of thiazole rings is 1. The van der Waals surface area contributed by atoms with Crippen LogP contribution < -0.4 is 5.56 Å². The molecule has 25 heavy (non-hydrogen) atoms. The van der Waals surface area contributed by atoms with Crippen LogP contribution in [0.3, 0.4) is 0 Å². The lowest BCUT2D eigenvalue weighted by atomic mass is 10.3. The van der Waals surface area contributed by atoms with Gasteiger partial charge in [-0.05, 0) is 25.4 Å². The third kappa shape index (κ3) is 3.41. The Morgan fingerprint density at radius 1 is 1.20 bits per heavy atom. The fraction of sp³-hybridized carbons (Fsp3) is 0.235. The third-order valence-electron chi connectivity index (χ3n) is 3.78. The number of hydrogen-bond donors (Lipinski definition) is 1. The Hall–Kier alpha value is -2.29. The first kappa shape index (κ1) is 16.2. The molecule has 1 N–H and O–H groups in total. The first-order valence-electron chi connectivity index (χ1n) is 7.83. The van der Waals surface area contributed by atoms with Crippen LogP contribution in [0.5, 0.6) is 0 Å². The molecule has 0 spiro atoms. The minimum absolute atomic E-state index is 0.0878. The summed E-state index contributed by atoms with van der Waals surface area (Å²) in [5, 5.41) is 8.19. The molecule has 4 aromatic heterocycles. The molecular weight excluding hydrogens is 354 g/mol. The molecule has 128 valence electrons. The molecule has 0 saturated carbocycles. The van der Waals surface area contributed by atoms with Crippen molar-refractivity contribution in [2.75, 3.05) is 7.05 Å². The number of aromatic amines is 1. The normalized spacial score (nSPS) is 11.6. The van der Waals surface area contributed by atoms with Crippen LogP contribution in [0.1, 0.15) is 17.1 Å². The average Bonchev–Trinajstić information content (AvgIpc) is 3.26. The zero-order valence-electron chi connectivity index (χ0n) is 13.9. The van der Waals surface area contributed by atoms with Gasteiger partial charge in [-0.25, -0.2) is 14.5 Å². The Bertz CT molecular complexity index is 1060. The maximum Gasteiger partial charge on any atom is 0.272 e. The monoisotopic (exact) mass is 371 g/mol. The quantitative estimate of drug-likeness (QED) is 0.585. The van der Waals surface area contributed by atoms with Crippen LogP contribution in [-0.4, -0.2) is 31.5 Å². The number of aromatic nitrogens is 4. The van der Waals surface area contributed by atoms with Gasteiger partial charge in [-0.15, -0.1) is 22.7 Å². The molecule has 6 nitrogen and oxygen atoms in total. The van der Waals surface area contributed by atoms with Gasteiger partial charge in [0.1, 0.15) is 5.01 Å². The summed E-state index contributed by atoms with van der Waals surface area (Å²) in [6.45, 7) is 3.23. The largest absolute Gasteiger partial charge is 0.295 e. The van der Waals surface area contributed by atoms with E-state index in [1.165, 1.54) is 9.39 Å². The second-order valence-electron chi connectivity index (χ2n) is 6.01. The number of hydrogen-bond acceptors (Lipinski definition) is 6. The zero-order valence-corrected chi connectivity index (χ0v) is 15.5. The summed E-state index contributed by atoms with van der Waals surface area (Å²) in [6.07, 6.45) is 0. The van der Waals surface area contributed by atoms with E-state index in [4.69, 9.17) is 4.98 Å². The van der Waals surface area contributed by atoms with Crippen LogP contribution in [0.2, 0.25) is 0 Å². The molecule has 0 bridgehead atoms. The van der Waals surface area contributed by atoms with Crippen LogP contribution >= 0.6 is 22.7 Å². The van der Waals surface area contributed by atoms with E-state index < -0.39 is 0 Å². The van der Waals surface area contributed by atoms with Crippen LogP contribution in [0.25, 0.3) is 15.5 Å². The highest BCUT2D eigenvalue weighted by atomic mass is 32.1. The van der Waals surface area contributed by atoms with Gasteiger partial charge in [-0.2, -0.15) is 0 Å². The Morgan fingerprint density at radius 3 is 2.84 bits per heavy atom. The molecule has 4 heterocycles. The van der Waals surface area contributed by atoms with Gasteiger partial charge in [-0.1, -0.05) is 6.07 Å². The lowest BCUT2D eigenvalue weighted by Crippen LogP contribution is -2.22. The Morgan fingerprint density at radius 2 is 2.04 bits per heavy atom. The lowest BCUT2D eigenvalue weighted by Gasteiger charge is -2.14. The summed E-state index contributed by atoms with van der Waals surface area (Å²) < 4.78 is 1.46. The predicted molar refractivity (Wildman–Crippen MR) is 101 cm³/mol. The van der Waals surface area contributed by atoms with Crippen molar-refractivity contribution < 1.29 is 0 Å². The van der Waals surface area contributed by atoms with Gasteiger partial charge in [0.05, 0.1) is 16.3 Å². The number of nitrogens with zero attached hydrogens (tertiary/aromatic N) is 4. The molecule has 0 amide bonds. The standard InChI is InChI=1S/C17H17N5OS2/c1-11-6-15-18-12(7-16(23)22(15)20-11)8-21(2)9-13-10-25-17(19-13)14-4-3-5-24-14/h3-7,10,20H,8-9H2,1-2H3. The van der Waals surface area contributed by atoms with Gasteiger partial charge in [0, 0.05) is 36.3 Å². The van der Waals surface area contributed by atoms with E-state index in [0.29, 0.717) is 12.2 Å². The van der Waals surface area contributed by atoms with Gasteiger partial charge >= 0.3 is 0 Å². The van der Waals surface area contributed by atoms with Crippen LogP contribution in [0.4, 0.5) is 0 Å². The minimum atomic E-state index is -0.0878. The number of thiophene rings is 1. The third-order valence-corrected chi connectivity index (χ3v) is 5.71. The fourth-order valence-electron chi connectivity index (χ4n) is 2.74. The van der Waals surface area contributed by atoms with Crippen molar-refractivity contribution in [3.63, 3.8) is 0 Å². The number of H-pyrrole nitrogens is 1. The van der Waals surface area contributed by atoms with Gasteiger partial charge in [-0.3, -0.25) is 14.8 Å². The van der Waals surface area contributed by atoms with E-state index in [-0.39, 0.29) is 5.56 Å². The van der Waals surface area contributed by atoms with Crippen LogP contribution in [0, 0.1) is 6.92 Å². The van der Waals surface area contributed by atoms with Crippen LogP contribution in [0.15, 0.2) is 39.8 Å². The van der Waals surface area contributed by atoms with Crippen molar-refractivity contribution in [2.24, 2.45) is 0 Å². The highest BCUT2D eigenvalue weighted by Crippen LogP contribution is 2.28. The Kier molecular flexibility index (Phi) is 4.24. The summed E-state index contributed by atoms with van der Waals surface area (Å²) >= 11 is 3.36.